The van der Waals surface area contributed by atoms with Crippen molar-refractivity contribution < 1.29 is 43.9 Å². The summed E-state index contributed by atoms with van der Waals surface area (Å²) in [7, 11) is 0. The van der Waals surface area contributed by atoms with E-state index in [1.54, 1.807) is 59.7 Å². The lowest BCUT2D eigenvalue weighted by Gasteiger charge is -2.40. The van der Waals surface area contributed by atoms with Crippen molar-refractivity contribution in [2.24, 2.45) is 5.41 Å². The van der Waals surface area contributed by atoms with Gasteiger partial charge in [0.1, 0.15) is 17.2 Å². The molecule has 9 nitrogen and oxygen atoms in total. The lowest BCUT2D eigenvalue weighted by molar-refractivity contribution is -0.370. The molecular formula is C47H66O9. The number of aromatic hydroxyl groups is 3. The van der Waals surface area contributed by atoms with Crippen molar-refractivity contribution in [2.75, 3.05) is 0 Å². The van der Waals surface area contributed by atoms with E-state index in [-0.39, 0.29) is 36.5 Å². The monoisotopic (exact) mass is 774 g/mol. The lowest BCUT2D eigenvalue weighted by Crippen LogP contribution is -2.54. The molecule has 0 saturated carbocycles. The Morgan fingerprint density at radius 2 is 0.643 bits per heavy atom. The highest BCUT2D eigenvalue weighted by atomic mass is 16.9. The van der Waals surface area contributed by atoms with Crippen molar-refractivity contribution in [2.45, 2.75) is 166 Å². The van der Waals surface area contributed by atoms with Gasteiger partial charge in [0.2, 0.25) is 0 Å². The van der Waals surface area contributed by atoms with Gasteiger partial charge >= 0.3 is 23.9 Å². The molecular weight excluding hydrogens is 709 g/mol. The normalized spacial score (nSPS) is 12.8. The molecule has 3 N–H and O–H groups in total. The van der Waals surface area contributed by atoms with Gasteiger partial charge in [0.25, 0.3) is 0 Å². The largest absolute Gasteiger partial charge is 0.507 e. The molecule has 3 rings (SSSR count). The second kappa shape index (κ2) is 15.8. The fraction of sp³-hybridized carbons (Fsp3) is 0.553. The van der Waals surface area contributed by atoms with E-state index in [0.717, 1.165) is 0 Å². The SMILES string of the molecule is Cc1c(CC(=O)OC(OC(=O)Cc2cc(C(C)(C)C)c(O)c(C)c2C)(OC(=O)Cc2cc(C(C)(C)C)c(O)c(C)c2C)C(C)(C)C)cc(C(C)(C)C)c(O)c1C. The Kier molecular flexibility index (Phi) is 12.9. The summed E-state index contributed by atoms with van der Waals surface area (Å²) in [5.74, 6) is -4.48. The minimum absolute atomic E-state index is 0.155. The molecule has 0 aliphatic carbocycles. The molecule has 0 saturated heterocycles. The Hall–Kier alpha value is -4.53. The Balaban J connectivity index is 2.17. The Labute approximate surface area is 334 Å². The first-order valence-electron chi connectivity index (χ1n) is 19.4. The smallest absolute Gasteiger partial charge is 0.428 e. The van der Waals surface area contributed by atoms with Crippen molar-refractivity contribution in [1.82, 2.24) is 0 Å². The van der Waals surface area contributed by atoms with Gasteiger partial charge in [0.05, 0.1) is 24.7 Å². The molecule has 0 heterocycles. The molecule has 0 aliphatic rings. The molecule has 56 heavy (non-hydrogen) atoms. The van der Waals surface area contributed by atoms with Crippen molar-refractivity contribution in [3.63, 3.8) is 0 Å². The number of carbonyl (C=O) groups is 3. The summed E-state index contributed by atoms with van der Waals surface area (Å²) in [4.78, 5) is 42.4. The van der Waals surface area contributed by atoms with Crippen molar-refractivity contribution >= 4 is 17.9 Å². The number of rotatable bonds is 9. The number of esters is 3. The molecule has 0 radical (unpaired) electrons. The van der Waals surface area contributed by atoms with Gasteiger partial charge < -0.3 is 29.5 Å². The molecule has 0 unspecified atom stereocenters. The molecule has 0 aromatic heterocycles. The second-order valence-corrected chi connectivity index (χ2v) is 19.6. The molecule has 9 heteroatoms. The molecule has 0 bridgehead atoms. The van der Waals surface area contributed by atoms with Crippen LogP contribution in [0.15, 0.2) is 18.2 Å². The van der Waals surface area contributed by atoms with Gasteiger partial charge in [-0.15, -0.1) is 0 Å². The van der Waals surface area contributed by atoms with Crippen LogP contribution in [0, 0.1) is 47.0 Å². The highest BCUT2D eigenvalue weighted by Gasteiger charge is 2.54. The van der Waals surface area contributed by atoms with E-state index >= 15 is 0 Å². The molecule has 3 aromatic rings. The number of hydrogen-bond acceptors (Lipinski definition) is 9. The first kappa shape index (κ1) is 45.9. The van der Waals surface area contributed by atoms with Crippen LogP contribution in [0.5, 0.6) is 17.2 Å². The zero-order valence-electron chi connectivity index (χ0n) is 37.1. The predicted molar refractivity (Wildman–Crippen MR) is 220 cm³/mol. The molecule has 0 spiro atoms. The minimum Gasteiger partial charge on any atom is -0.507 e. The lowest BCUT2D eigenvalue weighted by atomic mass is 9.82. The van der Waals surface area contributed by atoms with Crippen molar-refractivity contribution in [3.8, 4) is 17.2 Å². The summed E-state index contributed by atoms with van der Waals surface area (Å²) in [6, 6.07) is 5.34. The van der Waals surface area contributed by atoms with E-state index in [1.165, 1.54) is 0 Å². The average Bonchev–Trinajstić information content (AvgIpc) is 3.03. The van der Waals surface area contributed by atoms with Crippen molar-refractivity contribution in [1.29, 1.82) is 0 Å². The highest BCUT2D eigenvalue weighted by molar-refractivity contribution is 5.78. The van der Waals surface area contributed by atoms with Gasteiger partial charge in [-0.2, -0.15) is 0 Å². The predicted octanol–water partition coefficient (Wildman–Crippen LogP) is 9.90. The second-order valence-electron chi connectivity index (χ2n) is 19.6. The van der Waals surface area contributed by atoms with Crippen LogP contribution in [-0.4, -0.2) is 39.2 Å². The van der Waals surface area contributed by atoms with Crippen LogP contribution >= 0.6 is 0 Å². The number of carbonyl (C=O) groups excluding carboxylic acids is 3. The number of hydrogen-bond donors (Lipinski definition) is 3. The maximum absolute atomic E-state index is 14.1. The number of phenolic OH excluding ortho intramolecular Hbond substituents is 3. The first-order valence-corrected chi connectivity index (χ1v) is 19.4. The van der Waals surface area contributed by atoms with E-state index in [2.05, 4.69) is 0 Å². The Bertz CT molecular complexity index is 1800. The van der Waals surface area contributed by atoms with E-state index in [1.807, 2.05) is 83.1 Å². The van der Waals surface area contributed by atoms with Gasteiger partial charge in [0, 0.05) is 0 Å². The van der Waals surface area contributed by atoms with Crippen LogP contribution in [-0.2, 0) is 64.1 Å². The van der Waals surface area contributed by atoms with Crippen LogP contribution < -0.4 is 0 Å². The zero-order chi connectivity index (χ0) is 43.3. The van der Waals surface area contributed by atoms with Crippen LogP contribution in [0.2, 0.25) is 0 Å². The highest BCUT2D eigenvalue weighted by Crippen LogP contribution is 2.42. The quantitative estimate of drug-likeness (QED) is 0.143. The zero-order valence-corrected chi connectivity index (χ0v) is 37.1. The first-order chi connectivity index (χ1) is 25.2. The Morgan fingerprint density at radius 3 is 0.821 bits per heavy atom. The van der Waals surface area contributed by atoms with Gasteiger partial charge in [-0.25, -0.2) is 0 Å². The van der Waals surface area contributed by atoms with Crippen LogP contribution in [0.25, 0.3) is 0 Å². The van der Waals surface area contributed by atoms with E-state index in [9.17, 15) is 29.7 Å². The minimum atomic E-state index is -2.51. The number of benzene rings is 3. The van der Waals surface area contributed by atoms with Gasteiger partial charge in [-0.05, 0) is 145 Å². The summed E-state index contributed by atoms with van der Waals surface area (Å²) in [5.41, 5.74) is 5.17. The molecule has 0 fully saturated rings. The van der Waals surface area contributed by atoms with Crippen molar-refractivity contribution in [3.05, 3.63) is 85.0 Å². The summed E-state index contributed by atoms with van der Waals surface area (Å²) >= 11 is 0. The van der Waals surface area contributed by atoms with E-state index in [4.69, 9.17) is 14.2 Å². The number of ether oxygens (including phenoxy) is 3. The summed E-state index contributed by atoms with van der Waals surface area (Å²) in [5, 5.41) is 32.9. The van der Waals surface area contributed by atoms with E-state index < -0.39 is 45.5 Å². The standard InChI is InChI=1S/C47H66O9/c1-25-28(4)40(51)34(43(7,8)9)19-31(25)22-37(48)54-47(46(16,17)18,55-38(49)23-32-20-35(44(10,11)12)41(52)29(5)26(32)2)56-39(50)24-33-21-36(45(13,14)15)42(53)30(6)27(33)3/h19-21,51-53H,22-24H2,1-18H3. The number of phenols is 3. The topological polar surface area (TPSA) is 140 Å². The Morgan fingerprint density at radius 1 is 0.429 bits per heavy atom. The van der Waals surface area contributed by atoms with E-state index in [0.29, 0.717) is 66.8 Å². The summed E-state index contributed by atoms with van der Waals surface area (Å²) in [6.45, 7) is 33.4. The molecule has 3 aromatic carbocycles. The summed E-state index contributed by atoms with van der Waals surface area (Å²) < 4.78 is 18.3. The fourth-order valence-electron chi connectivity index (χ4n) is 6.73. The molecule has 0 amide bonds. The maximum atomic E-state index is 14.1. The fourth-order valence-corrected chi connectivity index (χ4v) is 6.73. The van der Waals surface area contributed by atoms with Crippen LogP contribution in [0.1, 0.15) is 150 Å². The third-order valence-corrected chi connectivity index (χ3v) is 11.0. The van der Waals surface area contributed by atoms with Crippen LogP contribution in [0.3, 0.4) is 0 Å². The van der Waals surface area contributed by atoms with Gasteiger partial charge in [-0.1, -0.05) is 80.5 Å². The van der Waals surface area contributed by atoms with Gasteiger partial charge in [0.15, 0.2) is 0 Å². The molecule has 308 valence electrons. The third-order valence-electron chi connectivity index (χ3n) is 11.0. The summed E-state index contributed by atoms with van der Waals surface area (Å²) in [6.07, 6.45) is -0.794. The van der Waals surface area contributed by atoms with Gasteiger partial charge in [-0.3, -0.25) is 14.4 Å². The molecule has 0 aliphatic heterocycles. The molecule has 0 atom stereocenters. The third kappa shape index (κ3) is 9.70. The van der Waals surface area contributed by atoms with Crippen LogP contribution in [0.4, 0.5) is 0 Å². The average molecular weight is 775 g/mol. The maximum Gasteiger partial charge on any atom is 0.428 e.